The summed E-state index contributed by atoms with van der Waals surface area (Å²) >= 11 is 1.87. The standard InChI is InChI=1S/C9H15NOS/c1-7(8-2-3-8)9(11)10-4-5-12-6-10/h7-8H,2-6H2,1H3. The van der Waals surface area contributed by atoms with E-state index in [0.717, 1.165) is 18.2 Å². The van der Waals surface area contributed by atoms with Crippen molar-refractivity contribution in [1.82, 2.24) is 4.90 Å². The molecule has 1 atom stereocenters. The molecule has 1 unspecified atom stereocenters. The van der Waals surface area contributed by atoms with Gasteiger partial charge in [0.25, 0.3) is 0 Å². The molecular weight excluding hydrogens is 170 g/mol. The third-order valence-electron chi connectivity index (χ3n) is 2.78. The van der Waals surface area contributed by atoms with Gasteiger partial charge in [-0.2, -0.15) is 0 Å². The summed E-state index contributed by atoms with van der Waals surface area (Å²) in [5, 5.41) is 0. The average molecular weight is 185 g/mol. The van der Waals surface area contributed by atoms with E-state index in [4.69, 9.17) is 0 Å². The summed E-state index contributed by atoms with van der Waals surface area (Å²) in [5.74, 6) is 3.45. The molecule has 2 nitrogen and oxygen atoms in total. The molecule has 1 aliphatic carbocycles. The Bertz CT molecular complexity index is 181. The van der Waals surface area contributed by atoms with Gasteiger partial charge >= 0.3 is 0 Å². The molecule has 0 N–H and O–H groups in total. The van der Waals surface area contributed by atoms with Crippen LogP contribution in [0.15, 0.2) is 0 Å². The molecule has 0 radical (unpaired) electrons. The Balaban J connectivity index is 1.88. The van der Waals surface area contributed by atoms with Gasteiger partial charge in [0, 0.05) is 18.2 Å². The molecule has 1 aliphatic heterocycles. The monoisotopic (exact) mass is 185 g/mol. The molecule has 0 aromatic rings. The Morgan fingerprint density at radius 3 is 2.83 bits per heavy atom. The maximum atomic E-state index is 11.7. The molecule has 0 bridgehead atoms. The molecule has 1 heterocycles. The van der Waals surface area contributed by atoms with Crippen LogP contribution in [0, 0.1) is 11.8 Å². The topological polar surface area (TPSA) is 20.3 Å². The number of nitrogens with zero attached hydrogens (tertiary/aromatic N) is 1. The highest BCUT2D eigenvalue weighted by Crippen LogP contribution is 2.37. The molecule has 1 saturated heterocycles. The van der Waals surface area contributed by atoms with Crippen LogP contribution in [-0.2, 0) is 4.79 Å². The van der Waals surface area contributed by atoms with Crippen molar-refractivity contribution < 1.29 is 4.79 Å². The van der Waals surface area contributed by atoms with Gasteiger partial charge in [-0.3, -0.25) is 4.79 Å². The second-order valence-electron chi connectivity index (χ2n) is 3.77. The predicted octanol–water partition coefficient (Wildman–Crippen LogP) is 1.57. The van der Waals surface area contributed by atoms with Gasteiger partial charge in [-0.25, -0.2) is 0 Å². The van der Waals surface area contributed by atoms with Gasteiger partial charge in [-0.15, -0.1) is 11.8 Å². The number of rotatable bonds is 2. The average Bonchev–Trinajstić information content (AvgIpc) is 2.79. The van der Waals surface area contributed by atoms with Crippen molar-refractivity contribution in [2.75, 3.05) is 18.2 Å². The van der Waals surface area contributed by atoms with Crippen LogP contribution in [0.3, 0.4) is 0 Å². The number of thioether (sulfide) groups is 1. The first kappa shape index (κ1) is 8.42. The summed E-state index contributed by atoms with van der Waals surface area (Å²) in [6.07, 6.45) is 2.54. The molecule has 2 fully saturated rings. The highest BCUT2D eigenvalue weighted by Gasteiger charge is 2.35. The minimum Gasteiger partial charge on any atom is -0.332 e. The third kappa shape index (κ3) is 1.60. The van der Waals surface area contributed by atoms with Crippen LogP contribution >= 0.6 is 11.8 Å². The number of hydrogen-bond donors (Lipinski definition) is 0. The molecule has 1 amide bonds. The van der Waals surface area contributed by atoms with Crippen molar-refractivity contribution in [3.05, 3.63) is 0 Å². The van der Waals surface area contributed by atoms with Crippen molar-refractivity contribution in [2.24, 2.45) is 11.8 Å². The van der Waals surface area contributed by atoms with Gasteiger partial charge in [-0.05, 0) is 18.8 Å². The van der Waals surface area contributed by atoms with Crippen LogP contribution in [0.2, 0.25) is 0 Å². The normalized spacial score (nSPS) is 25.9. The van der Waals surface area contributed by atoms with Crippen LogP contribution in [0.4, 0.5) is 0 Å². The van der Waals surface area contributed by atoms with Crippen LogP contribution in [0.1, 0.15) is 19.8 Å². The van der Waals surface area contributed by atoms with Gasteiger partial charge in [0.2, 0.25) is 5.91 Å². The smallest absolute Gasteiger partial charge is 0.226 e. The molecule has 2 rings (SSSR count). The van der Waals surface area contributed by atoms with Crippen molar-refractivity contribution in [1.29, 1.82) is 0 Å². The fourth-order valence-corrected chi connectivity index (χ4v) is 2.63. The summed E-state index contributed by atoms with van der Waals surface area (Å²) in [5.41, 5.74) is 0. The quantitative estimate of drug-likeness (QED) is 0.651. The third-order valence-corrected chi connectivity index (χ3v) is 3.75. The minimum atomic E-state index is 0.295. The summed E-state index contributed by atoms with van der Waals surface area (Å²) in [4.78, 5) is 13.7. The highest BCUT2D eigenvalue weighted by molar-refractivity contribution is 7.99. The molecule has 0 aromatic heterocycles. The van der Waals surface area contributed by atoms with Crippen molar-refractivity contribution in [3.63, 3.8) is 0 Å². The Morgan fingerprint density at radius 2 is 2.33 bits per heavy atom. The maximum absolute atomic E-state index is 11.7. The SMILES string of the molecule is CC(C(=O)N1CCSC1)C1CC1. The maximum Gasteiger partial charge on any atom is 0.226 e. The zero-order valence-electron chi connectivity index (χ0n) is 7.45. The van der Waals surface area contributed by atoms with Gasteiger partial charge < -0.3 is 4.90 Å². The molecule has 1 saturated carbocycles. The summed E-state index contributed by atoms with van der Waals surface area (Å²) in [6.45, 7) is 3.06. The largest absolute Gasteiger partial charge is 0.332 e. The van der Waals surface area contributed by atoms with E-state index in [2.05, 4.69) is 6.92 Å². The van der Waals surface area contributed by atoms with Gasteiger partial charge in [0.05, 0.1) is 5.88 Å². The van der Waals surface area contributed by atoms with Gasteiger partial charge in [-0.1, -0.05) is 6.92 Å². The zero-order chi connectivity index (χ0) is 8.55. The molecule has 68 valence electrons. The van der Waals surface area contributed by atoms with Crippen molar-refractivity contribution >= 4 is 17.7 Å². The minimum absolute atomic E-state index is 0.295. The molecule has 3 heteroatoms. The predicted molar refractivity (Wildman–Crippen MR) is 50.9 cm³/mol. The van der Waals surface area contributed by atoms with E-state index in [0.29, 0.717) is 17.7 Å². The first-order chi connectivity index (χ1) is 5.79. The molecular formula is C9H15NOS. The fraction of sp³-hybridized carbons (Fsp3) is 0.889. The van der Waals surface area contributed by atoms with Gasteiger partial charge in [0.15, 0.2) is 0 Å². The van der Waals surface area contributed by atoms with Crippen molar-refractivity contribution in [3.8, 4) is 0 Å². The summed E-state index contributed by atoms with van der Waals surface area (Å²) < 4.78 is 0. The van der Waals surface area contributed by atoms with Crippen LogP contribution < -0.4 is 0 Å². The van der Waals surface area contributed by atoms with Crippen LogP contribution in [-0.4, -0.2) is 29.0 Å². The second kappa shape index (κ2) is 3.29. The number of amides is 1. The van der Waals surface area contributed by atoms with Crippen LogP contribution in [0.5, 0.6) is 0 Å². The van der Waals surface area contributed by atoms with E-state index >= 15 is 0 Å². The van der Waals surface area contributed by atoms with E-state index in [9.17, 15) is 4.79 Å². The molecule has 2 aliphatic rings. The number of hydrogen-bond acceptors (Lipinski definition) is 2. The van der Waals surface area contributed by atoms with Crippen LogP contribution in [0.25, 0.3) is 0 Å². The molecule has 0 spiro atoms. The van der Waals surface area contributed by atoms with Gasteiger partial charge in [0.1, 0.15) is 0 Å². The van der Waals surface area contributed by atoms with E-state index in [-0.39, 0.29) is 0 Å². The lowest BCUT2D eigenvalue weighted by Gasteiger charge is -2.18. The summed E-state index contributed by atoms with van der Waals surface area (Å²) in [7, 11) is 0. The Morgan fingerprint density at radius 1 is 1.58 bits per heavy atom. The summed E-state index contributed by atoms with van der Waals surface area (Å²) in [6, 6.07) is 0. The van der Waals surface area contributed by atoms with E-state index in [1.807, 2.05) is 16.7 Å². The fourth-order valence-electron chi connectivity index (χ4n) is 1.67. The second-order valence-corrected chi connectivity index (χ2v) is 4.84. The van der Waals surface area contributed by atoms with E-state index in [1.165, 1.54) is 12.8 Å². The lowest BCUT2D eigenvalue weighted by atomic mass is 10.1. The van der Waals surface area contributed by atoms with E-state index < -0.39 is 0 Å². The zero-order valence-corrected chi connectivity index (χ0v) is 8.27. The Labute approximate surface area is 77.7 Å². The lowest BCUT2D eigenvalue weighted by Crippen LogP contribution is -2.33. The highest BCUT2D eigenvalue weighted by atomic mass is 32.2. The number of carbonyl (C=O) groups excluding carboxylic acids is 1. The van der Waals surface area contributed by atoms with Crippen molar-refractivity contribution in [2.45, 2.75) is 19.8 Å². The number of carbonyl (C=O) groups is 1. The first-order valence-corrected chi connectivity index (χ1v) is 5.81. The Hall–Kier alpha value is -0.180. The molecule has 0 aromatic carbocycles. The first-order valence-electron chi connectivity index (χ1n) is 4.65. The molecule has 12 heavy (non-hydrogen) atoms. The Kier molecular flexibility index (Phi) is 2.31. The van der Waals surface area contributed by atoms with E-state index in [1.54, 1.807) is 0 Å². The lowest BCUT2D eigenvalue weighted by molar-refractivity contribution is -0.134.